The highest BCUT2D eigenvalue weighted by Gasteiger charge is 2.70. The SMILES string of the molecule is COC[C@@]12CN(C(=O)OC(C)(C)C)CC[C@]1(c1ccc(Cl)c(Cl)c1)C2. The fourth-order valence-electron chi connectivity index (χ4n) is 4.20. The first-order valence-electron chi connectivity index (χ1n) is 8.55. The number of ether oxygens (including phenoxy) is 2. The molecule has 0 spiro atoms. The minimum Gasteiger partial charge on any atom is -0.444 e. The number of fused-ring (bicyclic) bond motifs is 1. The van der Waals surface area contributed by atoms with Gasteiger partial charge in [0.25, 0.3) is 0 Å². The standard InChI is InChI=1S/C19H25Cl2NO3/c1-17(2,3)25-16(23)22-8-7-19(10-18(19,11-22)12-24-4)13-5-6-14(20)15(21)9-13/h5-6,9H,7-8,10-12H2,1-4H3/t18-,19-/m1/s1. The van der Waals surface area contributed by atoms with Gasteiger partial charge in [-0.15, -0.1) is 0 Å². The van der Waals surface area contributed by atoms with Crippen molar-refractivity contribution in [2.75, 3.05) is 26.8 Å². The zero-order valence-corrected chi connectivity index (χ0v) is 16.7. The number of carbonyl (C=O) groups is 1. The van der Waals surface area contributed by atoms with E-state index in [1.165, 1.54) is 5.56 Å². The number of likely N-dealkylation sites (tertiary alicyclic amines) is 1. The Bertz CT molecular complexity index is 688. The van der Waals surface area contributed by atoms with E-state index in [0.29, 0.717) is 29.7 Å². The summed E-state index contributed by atoms with van der Waals surface area (Å²) in [5.41, 5.74) is 0.597. The second kappa shape index (κ2) is 6.33. The Kier molecular flexibility index (Phi) is 4.76. The lowest BCUT2D eigenvalue weighted by Gasteiger charge is -2.38. The third-order valence-electron chi connectivity index (χ3n) is 5.38. The van der Waals surface area contributed by atoms with Gasteiger partial charge >= 0.3 is 6.09 Å². The van der Waals surface area contributed by atoms with Crippen LogP contribution in [0.5, 0.6) is 0 Å². The molecule has 1 aliphatic heterocycles. The predicted octanol–water partition coefficient (Wildman–Crippen LogP) is 4.91. The Balaban J connectivity index is 1.83. The largest absolute Gasteiger partial charge is 0.444 e. The highest BCUT2D eigenvalue weighted by atomic mass is 35.5. The fourth-order valence-corrected chi connectivity index (χ4v) is 4.50. The number of methoxy groups -OCH3 is 1. The maximum atomic E-state index is 12.5. The molecule has 0 aromatic heterocycles. The van der Waals surface area contributed by atoms with E-state index in [0.717, 1.165) is 12.8 Å². The molecule has 1 aromatic rings. The normalized spacial score (nSPS) is 28.5. The monoisotopic (exact) mass is 385 g/mol. The van der Waals surface area contributed by atoms with Gasteiger partial charge in [0.05, 0.1) is 16.7 Å². The maximum absolute atomic E-state index is 12.5. The summed E-state index contributed by atoms with van der Waals surface area (Å²) in [4.78, 5) is 14.3. The van der Waals surface area contributed by atoms with Gasteiger partial charge in [0, 0.05) is 31.0 Å². The highest BCUT2D eigenvalue weighted by Crippen LogP contribution is 2.69. The molecule has 1 heterocycles. The fraction of sp³-hybridized carbons (Fsp3) is 0.632. The zero-order chi connectivity index (χ0) is 18.5. The van der Waals surface area contributed by atoms with Crippen LogP contribution in [0.2, 0.25) is 10.0 Å². The molecule has 2 atom stereocenters. The first-order valence-corrected chi connectivity index (χ1v) is 9.31. The van der Waals surface area contributed by atoms with Crippen molar-refractivity contribution in [3.05, 3.63) is 33.8 Å². The number of carbonyl (C=O) groups excluding carboxylic acids is 1. The van der Waals surface area contributed by atoms with E-state index in [9.17, 15) is 4.79 Å². The molecule has 6 heteroatoms. The number of piperidine rings is 1. The van der Waals surface area contributed by atoms with Gasteiger partial charge in [-0.1, -0.05) is 29.3 Å². The van der Waals surface area contributed by atoms with Crippen LogP contribution in [0.25, 0.3) is 0 Å². The zero-order valence-electron chi connectivity index (χ0n) is 15.2. The Hall–Kier alpha value is -0.970. The van der Waals surface area contributed by atoms with E-state index in [2.05, 4.69) is 6.07 Å². The summed E-state index contributed by atoms with van der Waals surface area (Å²) in [7, 11) is 1.71. The first kappa shape index (κ1) is 18.8. The van der Waals surface area contributed by atoms with Gasteiger partial charge < -0.3 is 14.4 Å². The van der Waals surface area contributed by atoms with Gasteiger partial charge in [-0.25, -0.2) is 4.79 Å². The quantitative estimate of drug-likeness (QED) is 0.741. The summed E-state index contributed by atoms with van der Waals surface area (Å²) < 4.78 is 11.1. The van der Waals surface area contributed by atoms with Crippen molar-refractivity contribution in [2.45, 2.75) is 44.6 Å². The van der Waals surface area contributed by atoms with Crippen LogP contribution in [0.3, 0.4) is 0 Å². The second-order valence-electron chi connectivity index (χ2n) is 8.25. The van der Waals surface area contributed by atoms with E-state index in [-0.39, 0.29) is 16.9 Å². The minimum absolute atomic E-state index is 0.00421. The van der Waals surface area contributed by atoms with Crippen LogP contribution >= 0.6 is 23.2 Å². The molecule has 1 saturated heterocycles. The highest BCUT2D eigenvalue weighted by molar-refractivity contribution is 6.42. The molecule has 2 aliphatic rings. The van der Waals surface area contributed by atoms with Crippen molar-refractivity contribution in [1.82, 2.24) is 4.90 Å². The van der Waals surface area contributed by atoms with Crippen molar-refractivity contribution in [3.8, 4) is 0 Å². The average Bonchev–Trinajstić information content (AvgIpc) is 3.17. The molecule has 0 radical (unpaired) electrons. The van der Waals surface area contributed by atoms with Crippen LogP contribution in [-0.2, 0) is 14.9 Å². The molecule has 3 rings (SSSR count). The molecule has 25 heavy (non-hydrogen) atoms. The van der Waals surface area contributed by atoms with Crippen LogP contribution in [0.15, 0.2) is 18.2 Å². The van der Waals surface area contributed by atoms with Gasteiger partial charge in [0.1, 0.15) is 5.60 Å². The van der Waals surface area contributed by atoms with E-state index in [4.69, 9.17) is 32.7 Å². The summed E-state index contributed by atoms with van der Waals surface area (Å²) in [5, 5.41) is 1.13. The van der Waals surface area contributed by atoms with Gasteiger partial charge in [0.2, 0.25) is 0 Å². The smallest absolute Gasteiger partial charge is 0.410 e. The average molecular weight is 386 g/mol. The predicted molar refractivity (Wildman–Crippen MR) is 99.5 cm³/mol. The van der Waals surface area contributed by atoms with Crippen molar-refractivity contribution in [2.24, 2.45) is 5.41 Å². The lowest BCUT2D eigenvalue weighted by molar-refractivity contribution is 0.00562. The number of rotatable bonds is 3. The number of amides is 1. The molecule has 4 nitrogen and oxygen atoms in total. The minimum atomic E-state index is -0.493. The van der Waals surface area contributed by atoms with Crippen LogP contribution in [0.4, 0.5) is 4.79 Å². The summed E-state index contributed by atoms with van der Waals surface area (Å²) in [5.74, 6) is 0. The molecule has 0 bridgehead atoms. The molecular formula is C19H25Cl2NO3. The molecule has 1 aliphatic carbocycles. The van der Waals surface area contributed by atoms with Gasteiger partial charge in [0.15, 0.2) is 0 Å². The number of halogens is 2. The number of nitrogens with zero attached hydrogens (tertiary/aromatic N) is 1. The van der Waals surface area contributed by atoms with Gasteiger partial charge in [-0.3, -0.25) is 0 Å². The Morgan fingerprint density at radius 1 is 1.28 bits per heavy atom. The van der Waals surface area contributed by atoms with Crippen LogP contribution in [0, 0.1) is 5.41 Å². The van der Waals surface area contributed by atoms with Gasteiger partial charge in [-0.05, 0) is 51.3 Å². The Morgan fingerprint density at radius 3 is 2.60 bits per heavy atom. The van der Waals surface area contributed by atoms with Crippen molar-refractivity contribution >= 4 is 29.3 Å². The summed E-state index contributed by atoms with van der Waals surface area (Å²) in [6, 6.07) is 5.86. The molecule has 1 amide bonds. The van der Waals surface area contributed by atoms with E-state index in [1.807, 2.05) is 37.8 Å². The maximum Gasteiger partial charge on any atom is 0.410 e. The van der Waals surface area contributed by atoms with Gasteiger partial charge in [-0.2, -0.15) is 0 Å². The number of hydrogen-bond acceptors (Lipinski definition) is 3. The molecule has 2 fully saturated rings. The lowest BCUT2D eigenvalue weighted by atomic mass is 9.80. The molecule has 0 unspecified atom stereocenters. The third-order valence-corrected chi connectivity index (χ3v) is 6.12. The van der Waals surface area contributed by atoms with E-state index in [1.54, 1.807) is 7.11 Å². The molecule has 0 N–H and O–H groups in total. The van der Waals surface area contributed by atoms with E-state index < -0.39 is 5.60 Å². The second-order valence-corrected chi connectivity index (χ2v) is 9.07. The van der Waals surface area contributed by atoms with Crippen LogP contribution < -0.4 is 0 Å². The number of hydrogen-bond donors (Lipinski definition) is 0. The van der Waals surface area contributed by atoms with Crippen LogP contribution in [0.1, 0.15) is 39.2 Å². The molecular weight excluding hydrogens is 361 g/mol. The van der Waals surface area contributed by atoms with Crippen molar-refractivity contribution in [3.63, 3.8) is 0 Å². The van der Waals surface area contributed by atoms with Crippen molar-refractivity contribution < 1.29 is 14.3 Å². The van der Waals surface area contributed by atoms with E-state index >= 15 is 0 Å². The Labute approximate surface area is 159 Å². The summed E-state index contributed by atoms with van der Waals surface area (Å²) in [6.07, 6.45) is 1.59. The lowest BCUT2D eigenvalue weighted by Crippen LogP contribution is -2.48. The Morgan fingerprint density at radius 2 is 2.00 bits per heavy atom. The first-order chi connectivity index (χ1) is 11.6. The molecule has 138 valence electrons. The molecule has 1 saturated carbocycles. The van der Waals surface area contributed by atoms with Crippen molar-refractivity contribution in [1.29, 1.82) is 0 Å². The van der Waals surface area contributed by atoms with Crippen LogP contribution in [-0.4, -0.2) is 43.4 Å². The topological polar surface area (TPSA) is 38.8 Å². The number of benzene rings is 1. The third kappa shape index (κ3) is 3.36. The summed E-state index contributed by atoms with van der Waals surface area (Å²) >= 11 is 12.3. The molecule has 1 aromatic carbocycles. The summed E-state index contributed by atoms with van der Waals surface area (Å²) in [6.45, 7) is 7.56.